The smallest absolute Gasteiger partial charge is 0.286 e. The number of halogens is 1. The molecule has 0 fully saturated rings. The maximum absolute atomic E-state index is 12.9. The molecule has 0 saturated carbocycles. The van der Waals surface area contributed by atoms with Crippen LogP contribution in [0, 0.1) is 5.82 Å². The van der Waals surface area contributed by atoms with Crippen LogP contribution in [0.15, 0.2) is 46.9 Å². The molecule has 0 unspecified atom stereocenters. The molecule has 0 bridgehead atoms. The number of thioether (sulfide) groups is 1. The van der Waals surface area contributed by atoms with Crippen LogP contribution in [-0.4, -0.2) is 31.0 Å². The van der Waals surface area contributed by atoms with Gasteiger partial charge in [-0.1, -0.05) is 29.2 Å². The summed E-state index contributed by atoms with van der Waals surface area (Å²) in [6, 6.07) is 9.33. The van der Waals surface area contributed by atoms with Gasteiger partial charge in [-0.3, -0.25) is 4.79 Å². The summed E-state index contributed by atoms with van der Waals surface area (Å²) in [5.41, 5.74) is 0.481. The molecule has 0 aliphatic rings. The SMILES string of the molecule is Nn1c(SCc2nnc(C(=O)Nc3ccc(F)cc3)s2)nnc1-c1cccs1. The van der Waals surface area contributed by atoms with Crippen molar-refractivity contribution >= 4 is 46.0 Å². The van der Waals surface area contributed by atoms with Crippen molar-refractivity contribution in [2.75, 3.05) is 11.2 Å². The number of thiophene rings is 1. The number of amides is 1. The Morgan fingerprint density at radius 3 is 2.75 bits per heavy atom. The van der Waals surface area contributed by atoms with Gasteiger partial charge >= 0.3 is 0 Å². The number of carbonyl (C=O) groups is 1. The van der Waals surface area contributed by atoms with E-state index in [0.29, 0.717) is 27.4 Å². The van der Waals surface area contributed by atoms with Gasteiger partial charge in [-0.2, -0.15) is 0 Å². The first-order valence-corrected chi connectivity index (χ1v) is 10.5. The van der Waals surface area contributed by atoms with Crippen LogP contribution in [0.4, 0.5) is 10.1 Å². The second kappa shape index (κ2) is 8.04. The van der Waals surface area contributed by atoms with Gasteiger partial charge in [-0.05, 0) is 35.7 Å². The van der Waals surface area contributed by atoms with Crippen molar-refractivity contribution in [2.24, 2.45) is 0 Å². The van der Waals surface area contributed by atoms with E-state index < -0.39 is 5.91 Å². The Labute approximate surface area is 170 Å². The fourth-order valence-electron chi connectivity index (χ4n) is 2.20. The van der Waals surface area contributed by atoms with Gasteiger partial charge < -0.3 is 11.2 Å². The standard InChI is InChI=1S/C16H12FN7OS3/c17-9-3-5-10(6-4-9)19-14(25)15-22-20-12(28-15)8-27-16-23-21-13(24(16)18)11-2-1-7-26-11/h1-7H,8,18H2,(H,19,25). The molecule has 0 saturated heterocycles. The summed E-state index contributed by atoms with van der Waals surface area (Å²) < 4.78 is 14.4. The van der Waals surface area contributed by atoms with Crippen molar-refractivity contribution in [2.45, 2.75) is 10.9 Å². The molecule has 4 aromatic rings. The van der Waals surface area contributed by atoms with Gasteiger partial charge in [0.05, 0.1) is 10.6 Å². The highest BCUT2D eigenvalue weighted by Gasteiger charge is 2.16. The van der Waals surface area contributed by atoms with Crippen LogP contribution in [0.5, 0.6) is 0 Å². The zero-order valence-electron chi connectivity index (χ0n) is 14.1. The van der Waals surface area contributed by atoms with Gasteiger partial charge in [0, 0.05) is 5.69 Å². The zero-order valence-corrected chi connectivity index (χ0v) is 16.5. The minimum absolute atomic E-state index is 0.216. The average Bonchev–Trinajstić information content (AvgIpc) is 3.43. The van der Waals surface area contributed by atoms with Gasteiger partial charge in [0.2, 0.25) is 10.2 Å². The molecule has 0 atom stereocenters. The van der Waals surface area contributed by atoms with E-state index in [-0.39, 0.29) is 10.8 Å². The van der Waals surface area contributed by atoms with E-state index in [0.717, 1.165) is 4.88 Å². The lowest BCUT2D eigenvalue weighted by Gasteiger charge is -2.01. The molecule has 8 nitrogen and oxygen atoms in total. The lowest BCUT2D eigenvalue weighted by atomic mass is 10.3. The molecular formula is C16H12FN7OS3. The van der Waals surface area contributed by atoms with Gasteiger partial charge in [0.1, 0.15) is 10.8 Å². The van der Waals surface area contributed by atoms with Crippen molar-refractivity contribution < 1.29 is 9.18 Å². The third-order valence-corrected chi connectivity index (χ3v) is 6.42. The topological polar surface area (TPSA) is 112 Å². The number of benzene rings is 1. The Bertz CT molecular complexity index is 1090. The van der Waals surface area contributed by atoms with Gasteiger partial charge in [0.15, 0.2) is 5.82 Å². The Morgan fingerprint density at radius 2 is 2.00 bits per heavy atom. The molecule has 0 spiro atoms. The molecule has 0 aliphatic heterocycles. The molecule has 4 rings (SSSR count). The number of rotatable bonds is 6. The summed E-state index contributed by atoms with van der Waals surface area (Å²) in [7, 11) is 0. The van der Waals surface area contributed by atoms with Crippen molar-refractivity contribution in [1.82, 2.24) is 25.1 Å². The highest BCUT2D eigenvalue weighted by atomic mass is 32.2. The van der Waals surface area contributed by atoms with Crippen LogP contribution in [0.1, 0.15) is 14.8 Å². The maximum atomic E-state index is 12.9. The van der Waals surface area contributed by atoms with Gasteiger partial charge in [-0.25, -0.2) is 9.07 Å². The number of nitrogens with one attached hydrogen (secondary N) is 1. The Morgan fingerprint density at radius 1 is 1.18 bits per heavy atom. The lowest BCUT2D eigenvalue weighted by Crippen LogP contribution is -2.11. The summed E-state index contributed by atoms with van der Waals surface area (Å²) in [6.45, 7) is 0. The molecule has 0 aliphatic carbocycles. The van der Waals surface area contributed by atoms with Crippen LogP contribution in [0.25, 0.3) is 10.7 Å². The molecule has 3 N–H and O–H groups in total. The maximum Gasteiger partial charge on any atom is 0.286 e. The number of nitrogens with zero attached hydrogens (tertiary/aromatic N) is 5. The summed E-state index contributed by atoms with van der Waals surface area (Å²) in [5, 5.41) is 22.1. The van der Waals surface area contributed by atoms with Gasteiger partial charge in [0.25, 0.3) is 5.91 Å². The van der Waals surface area contributed by atoms with E-state index in [2.05, 4.69) is 25.7 Å². The molecule has 3 heterocycles. The number of aromatic nitrogens is 5. The first-order chi connectivity index (χ1) is 13.6. The van der Waals surface area contributed by atoms with E-state index in [9.17, 15) is 9.18 Å². The molecule has 142 valence electrons. The fraction of sp³-hybridized carbons (Fsp3) is 0.0625. The van der Waals surface area contributed by atoms with Crippen molar-refractivity contribution in [3.63, 3.8) is 0 Å². The van der Waals surface area contributed by atoms with E-state index in [1.54, 1.807) is 0 Å². The summed E-state index contributed by atoms with van der Waals surface area (Å²) in [4.78, 5) is 13.2. The molecule has 12 heteroatoms. The van der Waals surface area contributed by atoms with Crippen LogP contribution >= 0.6 is 34.4 Å². The predicted molar refractivity (Wildman–Crippen MR) is 107 cm³/mol. The average molecular weight is 434 g/mol. The summed E-state index contributed by atoms with van der Waals surface area (Å²) >= 11 is 4.05. The monoisotopic (exact) mass is 433 g/mol. The number of nitrogens with two attached hydrogens (primary N) is 1. The lowest BCUT2D eigenvalue weighted by molar-refractivity contribution is 0.102. The van der Waals surface area contributed by atoms with Crippen molar-refractivity contribution in [3.8, 4) is 10.7 Å². The summed E-state index contributed by atoms with van der Waals surface area (Å²) in [6.07, 6.45) is 0. The zero-order chi connectivity index (χ0) is 19.5. The summed E-state index contributed by atoms with van der Waals surface area (Å²) in [5.74, 6) is 6.33. The highest BCUT2D eigenvalue weighted by molar-refractivity contribution is 7.98. The number of hydrogen-bond acceptors (Lipinski definition) is 9. The van der Waals surface area contributed by atoms with Crippen LogP contribution in [0.2, 0.25) is 0 Å². The minimum Gasteiger partial charge on any atom is -0.335 e. The van der Waals surface area contributed by atoms with Crippen molar-refractivity contribution in [1.29, 1.82) is 0 Å². The molecule has 0 radical (unpaired) electrons. The molecule has 1 aromatic carbocycles. The van der Waals surface area contributed by atoms with E-state index >= 15 is 0 Å². The quantitative estimate of drug-likeness (QED) is 0.355. The number of nitrogen functional groups attached to an aromatic ring is 1. The Kier molecular flexibility index (Phi) is 5.32. The molecule has 3 aromatic heterocycles. The predicted octanol–water partition coefficient (Wildman–Crippen LogP) is 3.26. The van der Waals surface area contributed by atoms with Crippen LogP contribution < -0.4 is 11.2 Å². The first-order valence-electron chi connectivity index (χ1n) is 7.86. The van der Waals surface area contributed by atoms with Crippen LogP contribution in [0.3, 0.4) is 0 Å². The number of hydrogen-bond donors (Lipinski definition) is 2. The molecular weight excluding hydrogens is 421 g/mol. The van der Waals surface area contributed by atoms with Crippen LogP contribution in [-0.2, 0) is 5.75 Å². The second-order valence-electron chi connectivity index (χ2n) is 5.40. The van der Waals surface area contributed by atoms with Crippen molar-refractivity contribution in [3.05, 3.63) is 57.6 Å². The number of carbonyl (C=O) groups excluding carboxylic acids is 1. The second-order valence-corrected chi connectivity index (χ2v) is 8.36. The molecule has 1 amide bonds. The molecule has 28 heavy (non-hydrogen) atoms. The Hall–Kier alpha value is -2.83. The third kappa shape index (κ3) is 4.03. The largest absolute Gasteiger partial charge is 0.335 e. The first kappa shape index (κ1) is 18.5. The normalized spacial score (nSPS) is 10.9. The fourth-order valence-corrected chi connectivity index (χ4v) is 4.48. The van der Waals surface area contributed by atoms with E-state index in [1.165, 1.54) is 63.4 Å². The Balaban J connectivity index is 1.39. The highest BCUT2D eigenvalue weighted by Crippen LogP contribution is 2.27. The van der Waals surface area contributed by atoms with E-state index in [4.69, 9.17) is 5.84 Å². The minimum atomic E-state index is -0.401. The van der Waals surface area contributed by atoms with Gasteiger partial charge in [-0.15, -0.1) is 31.7 Å². The third-order valence-electron chi connectivity index (χ3n) is 3.49. The van der Waals surface area contributed by atoms with E-state index in [1.807, 2.05) is 17.5 Å². The number of anilines is 1.